The van der Waals surface area contributed by atoms with Crippen LogP contribution in [0.3, 0.4) is 0 Å². The van der Waals surface area contributed by atoms with Gasteiger partial charge in [-0.25, -0.2) is 15.0 Å². The van der Waals surface area contributed by atoms with Crippen LogP contribution >= 0.6 is 0 Å². The number of aryl methyl sites for hydroxylation is 1. The Labute approximate surface area is 193 Å². The molecule has 7 heteroatoms. The van der Waals surface area contributed by atoms with E-state index >= 15 is 0 Å². The third kappa shape index (κ3) is 4.62. The lowest BCUT2D eigenvalue weighted by molar-refractivity contribution is -0.132. The molecule has 1 aliphatic rings. The molecule has 1 aliphatic heterocycles. The summed E-state index contributed by atoms with van der Waals surface area (Å²) in [5.74, 6) is 1.61. The first-order valence-electron chi connectivity index (χ1n) is 11.2. The van der Waals surface area contributed by atoms with Crippen LogP contribution in [0.5, 0.6) is 0 Å². The number of carbonyl (C=O) groups excluding carboxylic acids is 1. The van der Waals surface area contributed by atoms with Crippen LogP contribution in [0, 0.1) is 6.92 Å². The molecule has 33 heavy (non-hydrogen) atoms. The minimum Gasteiger partial charge on any atom is -0.338 e. The average Bonchev–Trinajstić information content (AvgIpc) is 3.29. The molecule has 1 saturated heterocycles. The summed E-state index contributed by atoms with van der Waals surface area (Å²) in [4.78, 5) is 30.8. The summed E-state index contributed by atoms with van der Waals surface area (Å²) in [5.41, 5.74) is 4.11. The number of hydrogen-bond donors (Lipinski definition) is 0. The molecule has 0 bridgehead atoms. The first-order valence-corrected chi connectivity index (χ1v) is 11.2. The molecular weight excluding hydrogens is 412 g/mol. The maximum absolute atomic E-state index is 13.2. The van der Waals surface area contributed by atoms with E-state index in [1.807, 2.05) is 52.1 Å². The fourth-order valence-corrected chi connectivity index (χ4v) is 4.07. The highest BCUT2D eigenvalue weighted by atomic mass is 16.2. The minimum absolute atomic E-state index is 0.0914. The number of piperazine rings is 1. The second kappa shape index (κ2) is 9.24. The van der Waals surface area contributed by atoms with Crippen molar-refractivity contribution in [3.05, 3.63) is 84.8 Å². The normalized spacial score (nSPS) is 13.8. The van der Waals surface area contributed by atoms with E-state index in [0.29, 0.717) is 19.0 Å². The zero-order chi connectivity index (χ0) is 22.6. The molecule has 1 fully saturated rings. The largest absolute Gasteiger partial charge is 0.338 e. The lowest BCUT2D eigenvalue weighted by Gasteiger charge is -2.34. The van der Waals surface area contributed by atoms with Crippen molar-refractivity contribution < 1.29 is 4.79 Å². The average molecular weight is 439 g/mol. The van der Waals surface area contributed by atoms with Crippen LogP contribution in [0.15, 0.2) is 79.3 Å². The molecule has 0 saturated carbocycles. The van der Waals surface area contributed by atoms with E-state index in [4.69, 9.17) is 4.98 Å². The molecule has 2 aromatic heterocycles. The van der Waals surface area contributed by atoms with Crippen LogP contribution in [-0.4, -0.2) is 56.5 Å². The van der Waals surface area contributed by atoms with Crippen molar-refractivity contribution in [2.24, 2.45) is 0 Å². The van der Waals surface area contributed by atoms with E-state index in [-0.39, 0.29) is 12.5 Å². The molecule has 2 aromatic carbocycles. The SMILES string of the molecule is Cc1ccc(-c2cn(CC(=O)N3CCN(c4ncccn4)CC3)c(-c3ccccc3)n2)cc1. The van der Waals surface area contributed by atoms with Crippen LogP contribution in [0.1, 0.15) is 5.56 Å². The van der Waals surface area contributed by atoms with Crippen LogP contribution in [-0.2, 0) is 11.3 Å². The van der Waals surface area contributed by atoms with Gasteiger partial charge in [0.15, 0.2) is 0 Å². The van der Waals surface area contributed by atoms with Crippen molar-refractivity contribution in [1.82, 2.24) is 24.4 Å². The summed E-state index contributed by atoms with van der Waals surface area (Å²) in [7, 11) is 0. The fourth-order valence-electron chi connectivity index (χ4n) is 4.07. The number of benzene rings is 2. The number of amides is 1. The molecule has 7 nitrogen and oxygen atoms in total. The van der Waals surface area contributed by atoms with Gasteiger partial charge in [0.2, 0.25) is 11.9 Å². The molecule has 0 N–H and O–H groups in total. The Hall–Kier alpha value is -4.00. The zero-order valence-corrected chi connectivity index (χ0v) is 18.6. The van der Waals surface area contributed by atoms with Gasteiger partial charge >= 0.3 is 0 Å². The standard InChI is InChI=1S/C26H26N6O/c1-20-8-10-21(11-9-20)23-18-32(25(29-23)22-6-3-2-4-7-22)19-24(33)30-14-16-31(17-15-30)26-27-12-5-13-28-26/h2-13,18H,14-17,19H2,1H3. The van der Waals surface area contributed by atoms with Crippen LogP contribution in [0.25, 0.3) is 22.6 Å². The van der Waals surface area contributed by atoms with Gasteiger partial charge < -0.3 is 14.4 Å². The van der Waals surface area contributed by atoms with E-state index in [1.165, 1.54) is 5.56 Å². The first kappa shape index (κ1) is 20.9. The number of nitrogens with zero attached hydrogens (tertiary/aromatic N) is 6. The van der Waals surface area contributed by atoms with Crippen molar-refractivity contribution in [2.45, 2.75) is 13.5 Å². The van der Waals surface area contributed by atoms with Crippen molar-refractivity contribution >= 4 is 11.9 Å². The molecule has 5 rings (SSSR count). The maximum Gasteiger partial charge on any atom is 0.242 e. The van der Waals surface area contributed by atoms with E-state index in [1.54, 1.807) is 12.4 Å². The Morgan fingerprint density at radius 2 is 1.55 bits per heavy atom. The molecule has 1 amide bonds. The van der Waals surface area contributed by atoms with Gasteiger partial charge in [-0.15, -0.1) is 0 Å². The molecule has 0 spiro atoms. The second-order valence-corrected chi connectivity index (χ2v) is 8.23. The molecule has 0 aliphatic carbocycles. The summed E-state index contributed by atoms with van der Waals surface area (Å²) in [6, 6.07) is 20.1. The van der Waals surface area contributed by atoms with E-state index < -0.39 is 0 Å². The predicted octanol–water partition coefficient (Wildman–Crippen LogP) is 3.66. The summed E-state index contributed by atoms with van der Waals surface area (Å²) < 4.78 is 1.97. The molecular formula is C26H26N6O. The van der Waals surface area contributed by atoms with Crippen molar-refractivity contribution in [1.29, 1.82) is 0 Å². The third-order valence-electron chi connectivity index (χ3n) is 5.93. The number of aromatic nitrogens is 4. The number of imidazole rings is 1. The van der Waals surface area contributed by atoms with Gasteiger partial charge in [-0.1, -0.05) is 60.2 Å². The Morgan fingerprint density at radius 3 is 2.24 bits per heavy atom. The summed E-state index contributed by atoms with van der Waals surface area (Å²) >= 11 is 0. The number of carbonyl (C=O) groups is 1. The molecule has 0 atom stereocenters. The van der Waals surface area contributed by atoms with Gasteiger partial charge in [0.25, 0.3) is 0 Å². The van der Waals surface area contributed by atoms with Gasteiger partial charge in [0.1, 0.15) is 12.4 Å². The smallest absolute Gasteiger partial charge is 0.242 e. The highest BCUT2D eigenvalue weighted by molar-refractivity contribution is 5.78. The molecule has 4 aromatic rings. The minimum atomic E-state index is 0.0914. The van der Waals surface area contributed by atoms with Gasteiger partial charge in [0.05, 0.1) is 5.69 Å². The van der Waals surface area contributed by atoms with Gasteiger partial charge in [0, 0.05) is 55.9 Å². The van der Waals surface area contributed by atoms with Gasteiger partial charge in [-0.2, -0.15) is 0 Å². The number of hydrogen-bond acceptors (Lipinski definition) is 5. The number of rotatable bonds is 5. The topological polar surface area (TPSA) is 67.2 Å². The summed E-state index contributed by atoms with van der Waals surface area (Å²) in [6.45, 7) is 5.07. The second-order valence-electron chi connectivity index (χ2n) is 8.23. The highest BCUT2D eigenvalue weighted by Crippen LogP contribution is 2.25. The molecule has 3 heterocycles. The van der Waals surface area contributed by atoms with E-state index in [9.17, 15) is 4.79 Å². The summed E-state index contributed by atoms with van der Waals surface area (Å²) in [5, 5.41) is 0. The number of anilines is 1. The maximum atomic E-state index is 13.2. The fraction of sp³-hybridized carbons (Fsp3) is 0.231. The van der Waals surface area contributed by atoms with Crippen molar-refractivity contribution in [3.63, 3.8) is 0 Å². The molecule has 166 valence electrons. The Balaban J connectivity index is 1.35. The van der Waals surface area contributed by atoms with Gasteiger partial charge in [-0.05, 0) is 13.0 Å². The van der Waals surface area contributed by atoms with Crippen molar-refractivity contribution in [2.75, 3.05) is 31.1 Å². The van der Waals surface area contributed by atoms with Crippen LogP contribution in [0.4, 0.5) is 5.95 Å². The van der Waals surface area contributed by atoms with Crippen LogP contribution < -0.4 is 4.90 Å². The van der Waals surface area contributed by atoms with E-state index in [0.717, 1.165) is 35.7 Å². The Bertz CT molecular complexity index is 1210. The van der Waals surface area contributed by atoms with Crippen molar-refractivity contribution in [3.8, 4) is 22.6 Å². The Morgan fingerprint density at radius 1 is 0.848 bits per heavy atom. The quantitative estimate of drug-likeness (QED) is 0.476. The lowest BCUT2D eigenvalue weighted by atomic mass is 10.1. The van der Waals surface area contributed by atoms with Gasteiger partial charge in [-0.3, -0.25) is 4.79 Å². The zero-order valence-electron chi connectivity index (χ0n) is 18.6. The predicted molar refractivity (Wildman–Crippen MR) is 129 cm³/mol. The summed E-state index contributed by atoms with van der Waals surface area (Å²) in [6.07, 6.45) is 5.48. The molecule has 0 radical (unpaired) electrons. The first-order chi connectivity index (χ1) is 16.2. The Kier molecular flexibility index (Phi) is 5.85. The monoisotopic (exact) mass is 438 g/mol. The molecule has 0 unspecified atom stereocenters. The van der Waals surface area contributed by atoms with E-state index in [2.05, 4.69) is 46.1 Å². The highest BCUT2D eigenvalue weighted by Gasteiger charge is 2.24. The third-order valence-corrected chi connectivity index (χ3v) is 5.93. The van der Waals surface area contributed by atoms with Crippen LogP contribution in [0.2, 0.25) is 0 Å². The lowest BCUT2D eigenvalue weighted by Crippen LogP contribution is -2.50.